The molecule has 0 fully saturated rings. The van der Waals surface area contributed by atoms with Gasteiger partial charge in [0.05, 0.1) is 11.5 Å². The largest absolute Gasteiger partial charge is 0.440 e. The van der Waals surface area contributed by atoms with Gasteiger partial charge in [0.1, 0.15) is 17.4 Å². The second-order valence-corrected chi connectivity index (χ2v) is 5.84. The number of allylic oxidation sites excluding steroid dienone is 1. The van der Waals surface area contributed by atoms with Gasteiger partial charge in [-0.3, -0.25) is 4.79 Å². The molecule has 6 heteroatoms. The maximum Gasteiger partial charge on any atom is 0.258 e. The Bertz CT molecular complexity index is 921. The van der Waals surface area contributed by atoms with Gasteiger partial charge in [-0.25, -0.2) is 0 Å². The molecule has 0 saturated heterocycles. The third-order valence-corrected chi connectivity index (χ3v) is 4.31. The highest BCUT2D eigenvalue weighted by molar-refractivity contribution is 6.30. The first-order valence-corrected chi connectivity index (χ1v) is 7.35. The average molecular weight is 328 g/mol. The molecule has 2 heterocycles. The second kappa shape index (κ2) is 5.49. The molecule has 2 aromatic rings. The van der Waals surface area contributed by atoms with Crippen molar-refractivity contribution in [1.82, 2.24) is 4.57 Å². The first-order valence-electron chi connectivity index (χ1n) is 6.97. The van der Waals surface area contributed by atoms with Crippen LogP contribution in [0.15, 0.2) is 46.6 Å². The molecule has 0 bridgehead atoms. The molecule has 0 saturated carbocycles. The van der Waals surface area contributed by atoms with Crippen molar-refractivity contribution in [3.63, 3.8) is 0 Å². The van der Waals surface area contributed by atoms with Gasteiger partial charge < -0.3 is 15.0 Å². The fraction of sp³-hybridized carbons (Fsp3) is 0.176. The number of aromatic nitrogens is 1. The highest BCUT2D eigenvalue weighted by atomic mass is 35.5. The van der Waals surface area contributed by atoms with Crippen LogP contribution in [0.25, 0.3) is 0 Å². The van der Waals surface area contributed by atoms with E-state index in [1.807, 2.05) is 6.92 Å². The minimum absolute atomic E-state index is 0.0209. The van der Waals surface area contributed by atoms with Gasteiger partial charge in [-0.15, -0.1) is 0 Å². The van der Waals surface area contributed by atoms with Gasteiger partial charge in [0, 0.05) is 23.8 Å². The molecule has 1 atom stereocenters. The van der Waals surface area contributed by atoms with E-state index in [1.165, 1.54) is 4.57 Å². The molecular formula is C17H14ClN3O2. The Morgan fingerprint density at radius 2 is 2.00 bits per heavy atom. The molecule has 1 aliphatic heterocycles. The molecule has 2 N–H and O–H groups in total. The maximum absolute atomic E-state index is 12.7. The van der Waals surface area contributed by atoms with Gasteiger partial charge in [-0.05, 0) is 24.6 Å². The van der Waals surface area contributed by atoms with Gasteiger partial charge in [-0.1, -0.05) is 23.7 Å². The second-order valence-electron chi connectivity index (χ2n) is 5.40. The number of pyridine rings is 1. The van der Waals surface area contributed by atoms with Crippen LogP contribution in [0.5, 0.6) is 5.75 Å². The molecule has 0 amide bonds. The van der Waals surface area contributed by atoms with Crippen molar-refractivity contribution < 1.29 is 4.74 Å². The Morgan fingerprint density at radius 3 is 2.61 bits per heavy atom. The predicted octanol–water partition coefficient (Wildman–Crippen LogP) is 2.57. The topological polar surface area (TPSA) is 81.0 Å². The molecule has 0 spiro atoms. The maximum atomic E-state index is 12.7. The highest BCUT2D eigenvalue weighted by Crippen LogP contribution is 2.40. The Hall–Kier alpha value is -2.71. The summed E-state index contributed by atoms with van der Waals surface area (Å²) in [7, 11) is 1.69. The molecular weight excluding hydrogens is 314 g/mol. The Kier molecular flexibility index (Phi) is 3.63. The Balaban J connectivity index is 2.33. The third-order valence-electron chi connectivity index (χ3n) is 4.06. The van der Waals surface area contributed by atoms with Gasteiger partial charge in [0.15, 0.2) is 0 Å². The molecule has 5 nitrogen and oxygen atoms in total. The zero-order valence-electron chi connectivity index (χ0n) is 12.6. The highest BCUT2D eigenvalue weighted by Gasteiger charge is 2.33. The normalized spacial score (nSPS) is 16.5. The fourth-order valence-electron chi connectivity index (χ4n) is 2.73. The van der Waals surface area contributed by atoms with E-state index in [-0.39, 0.29) is 17.0 Å². The Labute approximate surface area is 138 Å². The van der Waals surface area contributed by atoms with Crippen LogP contribution < -0.4 is 16.0 Å². The van der Waals surface area contributed by atoms with Crippen molar-refractivity contribution in [3.05, 3.63) is 74.0 Å². The summed E-state index contributed by atoms with van der Waals surface area (Å²) < 4.78 is 7.05. The summed E-state index contributed by atoms with van der Waals surface area (Å²) in [5.74, 6) is -0.157. The fourth-order valence-corrected chi connectivity index (χ4v) is 2.85. The molecule has 0 unspecified atom stereocenters. The number of benzene rings is 1. The molecule has 1 aromatic heterocycles. The number of halogens is 1. The van der Waals surface area contributed by atoms with Crippen molar-refractivity contribution in [2.24, 2.45) is 12.8 Å². The monoisotopic (exact) mass is 327 g/mol. The predicted molar refractivity (Wildman–Crippen MR) is 87.2 cm³/mol. The number of hydrogen-bond donors (Lipinski definition) is 1. The molecule has 3 rings (SSSR count). The quantitative estimate of drug-likeness (QED) is 0.872. The van der Waals surface area contributed by atoms with Crippen LogP contribution in [0.2, 0.25) is 5.02 Å². The van der Waals surface area contributed by atoms with Crippen LogP contribution >= 0.6 is 11.6 Å². The lowest BCUT2D eigenvalue weighted by Gasteiger charge is -2.26. The SMILES string of the molecule is Cc1cc2c(c(=O)n1C)[C@H](c1ccc(Cl)cc1)C(C#N)=C(N)O2. The lowest BCUT2D eigenvalue weighted by Crippen LogP contribution is -2.31. The van der Waals surface area contributed by atoms with Crippen LogP contribution in [0.3, 0.4) is 0 Å². The molecule has 1 aromatic carbocycles. The third kappa shape index (κ3) is 2.37. The summed E-state index contributed by atoms with van der Waals surface area (Å²) in [4.78, 5) is 12.7. The van der Waals surface area contributed by atoms with Crippen molar-refractivity contribution in [2.75, 3.05) is 0 Å². The van der Waals surface area contributed by atoms with Gasteiger partial charge in [-0.2, -0.15) is 5.26 Å². The number of ether oxygens (including phenoxy) is 1. The lowest BCUT2D eigenvalue weighted by molar-refractivity contribution is 0.389. The number of nitriles is 1. The molecule has 0 radical (unpaired) electrons. The van der Waals surface area contributed by atoms with Crippen molar-refractivity contribution >= 4 is 11.6 Å². The van der Waals surface area contributed by atoms with E-state index < -0.39 is 5.92 Å². The zero-order valence-corrected chi connectivity index (χ0v) is 13.4. The van der Waals surface area contributed by atoms with Crippen molar-refractivity contribution in [1.29, 1.82) is 5.26 Å². The molecule has 1 aliphatic rings. The van der Waals surface area contributed by atoms with Gasteiger partial charge >= 0.3 is 0 Å². The van der Waals surface area contributed by atoms with E-state index >= 15 is 0 Å². The van der Waals surface area contributed by atoms with Crippen molar-refractivity contribution in [2.45, 2.75) is 12.8 Å². The van der Waals surface area contributed by atoms with Crippen LogP contribution in [0, 0.1) is 18.3 Å². The number of nitrogens with two attached hydrogens (primary N) is 1. The number of nitrogens with zero attached hydrogens (tertiary/aromatic N) is 2. The summed E-state index contributed by atoms with van der Waals surface area (Å²) in [5.41, 5.74) is 7.83. The summed E-state index contributed by atoms with van der Waals surface area (Å²) in [6.45, 7) is 1.81. The number of hydrogen-bond acceptors (Lipinski definition) is 4. The van der Waals surface area contributed by atoms with E-state index in [4.69, 9.17) is 22.1 Å². The molecule has 116 valence electrons. The first kappa shape index (κ1) is 15.2. The van der Waals surface area contributed by atoms with E-state index in [0.717, 1.165) is 11.3 Å². The van der Waals surface area contributed by atoms with Crippen LogP contribution in [-0.4, -0.2) is 4.57 Å². The molecule has 23 heavy (non-hydrogen) atoms. The van der Waals surface area contributed by atoms with E-state index in [1.54, 1.807) is 37.4 Å². The van der Waals surface area contributed by atoms with E-state index in [2.05, 4.69) is 6.07 Å². The van der Waals surface area contributed by atoms with Gasteiger partial charge in [0.25, 0.3) is 5.56 Å². The first-order chi connectivity index (χ1) is 10.9. The van der Waals surface area contributed by atoms with E-state index in [0.29, 0.717) is 16.3 Å². The standard InChI is InChI=1S/C17H14ClN3O2/c1-9-7-13-15(17(22)21(9)2)14(12(8-19)16(20)23-13)10-3-5-11(18)6-4-10/h3-7,14H,20H2,1-2H3/t14-/m1/s1. The number of aryl methyl sites for hydroxylation is 1. The van der Waals surface area contributed by atoms with Crippen molar-refractivity contribution in [3.8, 4) is 11.8 Å². The van der Waals surface area contributed by atoms with E-state index in [9.17, 15) is 10.1 Å². The minimum Gasteiger partial charge on any atom is -0.440 e. The summed E-state index contributed by atoms with van der Waals surface area (Å²) in [5, 5.41) is 10.1. The Morgan fingerprint density at radius 1 is 1.35 bits per heavy atom. The summed E-state index contributed by atoms with van der Waals surface area (Å²) >= 11 is 5.93. The smallest absolute Gasteiger partial charge is 0.258 e. The van der Waals surface area contributed by atoms with Crippen LogP contribution in [0.4, 0.5) is 0 Å². The zero-order chi connectivity index (χ0) is 16.7. The minimum atomic E-state index is -0.569. The average Bonchev–Trinajstić information content (AvgIpc) is 2.52. The van der Waals surface area contributed by atoms with Gasteiger partial charge in [0.2, 0.25) is 5.88 Å². The number of fused-ring (bicyclic) bond motifs is 1. The lowest BCUT2D eigenvalue weighted by atomic mass is 9.84. The summed E-state index contributed by atoms with van der Waals surface area (Å²) in [6.07, 6.45) is 0. The van der Waals surface area contributed by atoms with Crippen LogP contribution in [-0.2, 0) is 7.05 Å². The molecule has 0 aliphatic carbocycles. The van der Waals surface area contributed by atoms with Crippen LogP contribution in [0.1, 0.15) is 22.7 Å². The summed E-state index contributed by atoms with van der Waals surface area (Å²) in [6, 6.07) is 10.8. The number of rotatable bonds is 1.